The van der Waals surface area contributed by atoms with Crippen molar-refractivity contribution in [1.29, 1.82) is 0 Å². The third kappa shape index (κ3) is 4.27. The van der Waals surface area contributed by atoms with Crippen molar-refractivity contribution in [2.24, 2.45) is 5.14 Å². The lowest BCUT2D eigenvalue weighted by molar-refractivity contribution is 0.0898. The highest BCUT2D eigenvalue weighted by atomic mass is 32.2. The lowest BCUT2D eigenvalue weighted by atomic mass is 10.2. The zero-order valence-electron chi connectivity index (χ0n) is 11.1. The van der Waals surface area contributed by atoms with E-state index in [2.05, 4.69) is 5.32 Å². The number of hydrogen-bond donors (Lipinski definition) is 2. The standard InChI is InChI=1S/C11H18N2O4S2/c1-4-8(6-17-3)13-11(14)9-5-10(7(2)18-9)19(12,15)16/h5,8H,4,6H2,1-3H3,(H,13,14)(H2,12,15,16). The summed E-state index contributed by atoms with van der Waals surface area (Å²) in [5.41, 5.74) is 0. The molecule has 0 saturated heterocycles. The van der Waals surface area contributed by atoms with E-state index < -0.39 is 10.0 Å². The first-order valence-electron chi connectivity index (χ1n) is 5.72. The largest absolute Gasteiger partial charge is 0.383 e. The van der Waals surface area contributed by atoms with Gasteiger partial charge in [-0.1, -0.05) is 6.92 Å². The number of ether oxygens (including phenoxy) is 1. The van der Waals surface area contributed by atoms with Gasteiger partial charge in [0, 0.05) is 12.0 Å². The number of thiophene rings is 1. The number of carbonyl (C=O) groups is 1. The smallest absolute Gasteiger partial charge is 0.261 e. The topological polar surface area (TPSA) is 98.5 Å². The number of nitrogens with two attached hydrogens (primary N) is 1. The second-order valence-corrected chi connectivity index (χ2v) is 6.90. The van der Waals surface area contributed by atoms with Crippen LogP contribution < -0.4 is 10.5 Å². The van der Waals surface area contributed by atoms with Gasteiger partial charge in [-0.2, -0.15) is 0 Å². The molecule has 1 heterocycles. The van der Waals surface area contributed by atoms with E-state index in [1.54, 1.807) is 14.0 Å². The van der Waals surface area contributed by atoms with Crippen molar-refractivity contribution >= 4 is 27.3 Å². The molecule has 19 heavy (non-hydrogen) atoms. The van der Waals surface area contributed by atoms with Gasteiger partial charge in [-0.15, -0.1) is 11.3 Å². The molecule has 0 aliphatic rings. The lowest BCUT2D eigenvalue weighted by Gasteiger charge is -2.14. The second kappa shape index (κ2) is 6.47. The van der Waals surface area contributed by atoms with Crippen LogP contribution in [0.1, 0.15) is 27.9 Å². The van der Waals surface area contributed by atoms with Crippen molar-refractivity contribution in [2.75, 3.05) is 13.7 Å². The van der Waals surface area contributed by atoms with E-state index in [0.717, 1.165) is 17.8 Å². The average Bonchev–Trinajstić information content (AvgIpc) is 2.70. The van der Waals surface area contributed by atoms with Gasteiger partial charge in [-0.05, 0) is 19.4 Å². The molecule has 1 atom stereocenters. The molecule has 1 aromatic heterocycles. The van der Waals surface area contributed by atoms with Crippen LogP contribution in [0.3, 0.4) is 0 Å². The van der Waals surface area contributed by atoms with Crippen LogP contribution in [-0.2, 0) is 14.8 Å². The van der Waals surface area contributed by atoms with E-state index in [1.807, 2.05) is 6.92 Å². The zero-order chi connectivity index (χ0) is 14.6. The van der Waals surface area contributed by atoms with Gasteiger partial charge in [-0.25, -0.2) is 13.6 Å². The molecule has 1 amide bonds. The van der Waals surface area contributed by atoms with E-state index in [9.17, 15) is 13.2 Å². The Morgan fingerprint density at radius 1 is 1.58 bits per heavy atom. The van der Waals surface area contributed by atoms with E-state index in [-0.39, 0.29) is 16.8 Å². The highest BCUT2D eigenvalue weighted by Crippen LogP contribution is 2.24. The van der Waals surface area contributed by atoms with Crippen molar-refractivity contribution in [2.45, 2.75) is 31.2 Å². The normalized spacial score (nSPS) is 13.3. The van der Waals surface area contributed by atoms with Crippen LogP contribution >= 0.6 is 11.3 Å². The molecule has 0 fully saturated rings. The maximum absolute atomic E-state index is 12.0. The predicted octanol–water partition coefficient (Wildman–Crippen LogP) is 0.859. The van der Waals surface area contributed by atoms with Crippen LogP contribution in [0.25, 0.3) is 0 Å². The molecule has 0 aromatic carbocycles. The summed E-state index contributed by atoms with van der Waals surface area (Å²) in [5, 5.41) is 7.86. The highest BCUT2D eigenvalue weighted by molar-refractivity contribution is 7.89. The molecule has 6 nitrogen and oxygen atoms in total. The number of hydrogen-bond acceptors (Lipinski definition) is 5. The van der Waals surface area contributed by atoms with Gasteiger partial charge in [0.2, 0.25) is 10.0 Å². The number of sulfonamides is 1. The predicted molar refractivity (Wildman–Crippen MR) is 73.9 cm³/mol. The molecule has 0 bridgehead atoms. The molecule has 0 aliphatic heterocycles. The first-order valence-corrected chi connectivity index (χ1v) is 8.08. The summed E-state index contributed by atoms with van der Waals surface area (Å²) in [6.07, 6.45) is 0.728. The monoisotopic (exact) mass is 306 g/mol. The molecule has 8 heteroatoms. The summed E-state index contributed by atoms with van der Waals surface area (Å²) >= 11 is 1.11. The molecule has 3 N–H and O–H groups in total. The summed E-state index contributed by atoms with van der Waals surface area (Å²) in [4.78, 5) is 12.8. The molecular formula is C11H18N2O4S2. The van der Waals surface area contributed by atoms with Crippen LogP contribution in [0.4, 0.5) is 0 Å². The minimum absolute atomic E-state index is 0.00226. The van der Waals surface area contributed by atoms with Crippen LogP contribution in [0, 0.1) is 6.92 Å². The Kier molecular flexibility index (Phi) is 5.48. The van der Waals surface area contributed by atoms with Crippen molar-refractivity contribution in [3.8, 4) is 0 Å². The van der Waals surface area contributed by atoms with Crippen LogP contribution in [0.5, 0.6) is 0 Å². The maximum Gasteiger partial charge on any atom is 0.261 e. The summed E-state index contributed by atoms with van der Waals surface area (Å²) in [5.74, 6) is -0.313. The molecule has 0 spiro atoms. The summed E-state index contributed by atoms with van der Waals surface area (Å²) in [6.45, 7) is 3.96. The van der Waals surface area contributed by atoms with Crippen LogP contribution in [0.2, 0.25) is 0 Å². The van der Waals surface area contributed by atoms with Crippen molar-refractivity contribution in [3.05, 3.63) is 15.8 Å². The number of carbonyl (C=O) groups excluding carboxylic acids is 1. The van der Waals surface area contributed by atoms with Crippen molar-refractivity contribution in [1.82, 2.24) is 5.32 Å². The molecule has 1 unspecified atom stereocenters. The number of rotatable bonds is 6. The highest BCUT2D eigenvalue weighted by Gasteiger charge is 2.20. The van der Waals surface area contributed by atoms with Crippen LogP contribution in [0.15, 0.2) is 11.0 Å². The fraction of sp³-hybridized carbons (Fsp3) is 0.545. The van der Waals surface area contributed by atoms with E-state index >= 15 is 0 Å². The van der Waals surface area contributed by atoms with Gasteiger partial charge in [0.1, 0.15) is 0 Å². The average molecular weight is 306 g/mol. The molecule has 108 valence electrons. The van der Waals surface area contributed by atoms with Gasteiger partial charge in [0.25, 0.3) is 5.91 Å². The lowest BCUT2D eigenvalue weighted by Crippen LogP contribution is -2.37. The Hall–Kier alpha value is -0.960. The molecule has 0 saturated carbocycles. The Labute approximate surface area is 117 Å². The number of methoxy groups -OCH3 is 1. The Bertz CT molecular complexity index is 551. The summed E-state index contributed by atoms with van der Waals surface area (Å²) < 4.78 is 27.6. The second-order valence-electron chi connectivity index (χ2n) is 4.11. The molecule has 0 aliphatic carbocycles. The Balaban J connectivity index is 2.90. The number of amides is 1. The quantitative estimate of drug-likeness (QED) is 0.814. The first kappa shape index (κ1) is 16.1. The fourth-order valence-corrected chi connectivity index (χ4v) is 3.63. The van der Waals surface area contributed by atoms with E-state index in [1.165, 1.54) is 6.07 Å². The van der Waals surface area contributed by atoms with Gasteiger partial charge in [0.15, 0.2) is 0 Å². The van der Waals surface area contributed by atoms with Crippen molar-refractivity contribution < 1.29 is 17.9 Å². The first-order chi connectivity index (χ1) is 8.79. The summed E-state index contributed by atoms with van der Waals surface area (Å²) in [6, 6.07) is 1.21. The van der Waals surface area contributed by atoms with Crippen molar-refractivity contribution in [3.63, 3.8) is 0 Å². The van der Waals surface area contributed by atoms with Gasteiger partial charge in [-0.3, -0.25) is 4.79 Å². The van der Waals surface area contributed by atoms with E-state index in [0.29, 0.717) is 16.4 Å². The fourth-order valence-electron chi connectivity index (χ4n) is 1.58. The maximum atomic E-state index is 12.0. The third-order valence-corrected chi connectivity index (χ3v) is 4.81. The van der Waals surface area contributed by atoms with E-state index in [4.69, 9.17) is 9.88 Å². The minimum atomic E-state index is -3.78. The molecule has 1 aromatic rings. The molecule has 0 radical (unpaired) electrons. The number of nitrogens with one attached hydrogen (secondary N) is 1. The number of primary sulfonamides is 1. The minimum Gasteiger partial charge on any atom is -0.383 e. The zero-order valence-corrected chi connectivity index (χ0v) is 12.7. The van der Waals surface area contributed by atoms with Gasteiger partial charge >= 0.3 is 0 Å². The van der Waals surface area contributed by atoms with Gasteiger partial charge in [0.05, 0.1) is 22.4 Å². The summed E-state index contributed by atoms with van der Waals surface area (Å²) in [7, 11) is -2.23. The molecular weight excluding hydrogens is 288 g/mol. The third-order valence-electron chi connectivity index (χ3n) is 2.60. The van der Waals surface area contributed by atoms with Gasteiger partial charge < -0.3 is 10.1 Å². The van der Waals surface area contributed by atoms with Crippen LogP contribution in [-0.4, -0.2) is 34.1 Å². The Morgan fingerprint density at radius 2 is 2.21 bits per heavy atom. The Morgan fingerprint density at radius 3 is 2.63 bits per heavy atom. The SMILES string of the molecule is CCC(COC)NC(=O)c1cc(S(N)(=O)=O)c(C)s1. The number of aryl methyl sites for hydroxylation is 1. The molecule has 1 rings (SSSR count).